The fourth-order valence-corrected chi connectivity index (χ4v) is 2.86. The lowest BCUT2D eigenvalue weighted by molar-refractivity contribution is 0.417. The molecule has 0 amide bonds. The number of methoxy groups -OCH3 is 1. The van der Waals surface area contributed by atoms with Gasteiger partial charge in [0.05, 0.1) is 18.6 Å². The lowest BCUT2D eigenvalue weighted by Crippen LogP contribution is -2.19. The van der Waals surface area contributed by atoms with E-state index in [0.29, 0.717) is 17.9 Å². The first-order chi connectivity index (χ1) is 9.09. The summed E-state index contributed by atoms with van der Waals surface area (Å²) in [5.41, 5.74) is 0.483. The normalized spacial score (nSPS) is 11.3. The fourth-order valence-electron chi connectivity index (χ4n) is 1.67. The van der Waals surface area contributed by atoms with Crippen molar-refractivity contribution in [3.63, 3.8) is 0 Å². The Morgan fingerprint density at radius 2 is 1.95 bits per heavy atom. The highest BCUT2D eigenvalue weighted by Crippen LogP contribution is 2.24. The van der Waals surface area contributed by atoms with Crippen molar-refractivity contribution in [3.05, 3.63) is 24.3 Å². The summed E-state index contributed by atoms with van der Waals surface area (Å²) < 4.78 is 31.5. The van der Waals surface area contributed by atoms with Crippen LogP contribution in [0.1, 0.15) is 19.8 Å². The zero-order valence-corrected chi connectivity index (χ0v) is 12.3. The average molecular weight is 286 g/mol. The van der Waals surface area contributed by atoms with Gasteiger partial charge in [-0.25, -0.2) is 8.42 Å². The van der Waals surface area contributed by atoms with Crippen molar-refractivity contribution in [2.75, 3.05) is 30.7 Å². The third-order valence-corrected chi connectivity index (χ3v) is 4.00. The summed E-state index contributed by atoms with van der Waals surface area (Å²) in [5.74, 6) is 0.648. The van der Waals surface area contributed by atoms with Crippen LogP contribution < -0.4 is 14.8 Å². The Hall–Kier alpha value is -1.27. The summed E-state index contributed by atoms with van der Waals surface area (Å²) >= 11 is 0. The predicted octanol–water partition coefficient (Wildman–Crippen LogP) is 1.83. The number of ether oxygens (including phenoxy) is 1. The summed E-state index contributed by atoms with van der Waals surface area (Å²) in [4.78, 5) is 0. The summed E-state index contributed by atoms with van der Waals surface area (Å²) in [6.45, 7) is 3.78. The van der Waals surface area contributed by atoms with Gasteiger partial charge in [-0.3, -0.25) is 4.72 Å². The van der Waals surface area contributed by atoms with Gasteiger partial charge in [0.15, 0.2) is 0 Å². The van der Waals surface area contributed by atoms with Crippen molar-refractivity contribution in [1.82, 2.24) is 5.32 Å². The Labute approximate surface area is 115 Å². The summed E-state index contributed by atoms with van der Waals surface area (Å²) in [7, 11) is -1.79. The third kappa shape index (κ3) is 5.94. The zero-order chi connectivity index (χ0) is 14.1. The molecule has 2 N–H and O–H groups in total. The maximum Gasteiger partial charge on any atom is 0.232 e. The Bertz CT molecular complexity index is 475. The van der Waals surface area contributed by atoms with E-state index in [2.05, 4.69) is 10.0 Å². The van der Waals surface area contributed by atoms with Crippen molar-refractivity contribution in [1.29, 1.82) is 0 Å². The molecule has 108 valence electrons. The van der Waals surface area contributed by atoms with Crippen molar-refractivity contribution in [2.45, 2.75) is 19.8 Å². The highest BCUT2D eigenvalue weighted by molar-refractivity contribution is 7.92. The van der Waals surface area contributed by atoms with Crippen LogP contribution in [0.15, 0.2) is 24.3 Å². The molecule has 0 saturated heterocycles. The number of sulfonamides is 1. The van der Waals surface area contributed by atoms with E-state index >= 15 is 0 Å². The largest absolute Gasteiger partial charge is 0.495 e. The SMILES string of the molecule is CCNCCCCS(=O)(=O)Nc1ccccc1OC. The Balaban J connectivity index is 2.50. The van der Waals surface area contributed by atoms with E-state index in [0.717, 1.165) is 19.5 Å². The molecule has 0 fully saturated rings. The van der Waals surface area contributed by atoms with Gasteiger partial charge in [-0.05, 0) is 38.1 Å². The standard InChI is InChI=1S/C13H22N2O3S/c1-3-14-10-6-7-11-19(16,17)15-12-8-4-5-9-13(12)18-2/h4-5,8-9,14-15H,3,6-7,10-11H2,1-2H3. The minimum Gasteiger partial charge on any atom is -0.495 e. The lowest BCUT2D eigenvalue weighted by atomic mass is 10.3. The molecule has 0 atom stereocenters. The molecule has 19 heavy (non-hydrogen) atoms. The molecular weight excluding hydrogens is 264 g/mol. The molecule has 0 heterocycles. The molecule has 1 rings (SSSR count). The third-order valence-electron chi connectivity index (χ3n) is 2.64. The van der Waals surface area contributed by atoms with Crippen LogP contribution in [0.2, 0.25) is 0 Å². The van der Waals surface area contributed by atoms with E-state index in [4.69, 9.17) is 4.74 Å². The van der Waals surface area contributed by atoms with Gasteiger partial charge < -0.3 is 10.1 Å². The van der Waals surface area contributed by atoms with Gasteiger partial charge in [0, 0.05) is 0 Å². The van der Waals surface area contributed by atoms with E-state index < -0.39 is 10.0 Å². The van der Waals surface area contributed by atoms with Crippen molar-refractivity contribution in [3.8, 4) is 5.75 Å². The van der Waals surface area contributed by atoms with Crippen LogP contribution in [0.4, 0.5) is 5.69 Å². The first kappa shape index (κ1) is 15.8. The van der Waals surface area contributed by atoms with Gasteiger partial charge >= 0.3 is 0 Å². The zero-order valence-electron chi connectivity index (χ0n) is 11.5. The number of unbranched alkanes of at least 4 members (excludes halogenated alkanes) is 1. The summed E-state index contributed by atoms with van der Waals surface area (Å²) in [6.07, 6.45) is 1.48. The van der Waals surface area contributed by atoms with Crippen molar-refractivity contribution < 1.29 is 13.2 Å². The minimum absolute atomic E-state index is 0.121. The topological polar surface area (TPSA) is 67.4 Å². The monoisotopic (exact) mass is 286 g/mol. The molecule has 0 aliphatic heterocycles. The summed E-state index contributed by atoms with van der Waals surface area (Å²) in [6, 6.07) is 6.98. The fraction of sp³-hybridized carbons (Fsp3) is 0.538. The number of nitrogens with one attached hydrogen (secondary N) is 2. The van der Waals surface area contributed by atoms with Crippen LogP contribution in [-0.2, 0) is 10.0 Å². The van der Waals surface area contributed by atoms with Crippen LogP contribution >= 0.6 is 0 Å². The molecular formula is C13H22N2O3S. The van der Waals surface area contributed by atoms with Gasteiger partial charge in [0.1, 0.15) is 5.75 Å². The van der Waals surface area contributed by atoms with E-state index in [1.54, 1.807) is 24.3 Å². The van der Waals surface area contributed by atoms with Crippen LogP contribution in [0.25, 0.3) is 0 Å². The quantitative estimate of drug-likeness (QED) is 0.680. The summed E-state index contributed by atoms with van der Waals surface area (Å²) in [5, 5.41) is 3.17. The second-order valence-electron chi connectivity index (χ2n) is 4.18. The number of benzene rings is 1. The van der Waals surface area contributed by atoms with Crippen LogP contribution in [-0.4, -0.2) is 34.4 Å². The van der Waals surface area contributed by atoms with Gasteiger partial charge in [0.25, 0.3) is 0 Å². The van der Waals surface area contributed by atoms with E-state index in [1.807, 2.05) is 6.92 Å². The Morgan fingerprint density at radius 1 is 1.21 bits per heavy atom. The molecule has 0 aliphatic rings. The van der Waals surface area contributed by atoms with Gasteiger partial charge in [-0.1, -0.05) is 19.1 Å². The molecule has 1 aromatic rings. The first-order valence-corrected chi connectivity index (χ1v) is 8.08. The second-order valence-corrected chi connectivity index (χ2v) is 6.02. The van der Waals surface area contributed by atoms with E-state index in [9.17, 15) is 8.42 Å². The molecule has 0 radical (unpaired) electrons. The Kier molecular flexibility index (Phi) is 6.66. The minimum atomic E-state index is -3.31. The molecule has 6 heteroatoms. The number of anilines is 1. The molecule has 0 bridgehead atoms. The maximum atomic E-state index is 11.9. The second kappa shape index (κ2) is 8.01. The first-order valence-electron chi connectivity index (χ1n) is 6.43. The molecule has 1 aromatic carbocycles. The maximum absolute atomic E-state index is 11.9. The van der Waals surface area contributed by atoms with Crippen molar-refractivity contribution >= 4 is 15.7 Å². The highest BCUT2D eigenvalue weighted by atomic mass is 32.2. The smallest absolute Gasteiger partial charge is 0.232 e. The van der Waals surface area contributed by atoms with Gasteiger partial charge in [-0.15, -0.1) is 0 Å². The van der Waals surface area contributed by atoms with Crippen molar-refractivity contribution in [2.24, 2.45) is 0 Å². The van der Waals surface area contributed by atoms with Crippen LogP contribution in [0, 0.1) is 0 Å². The molecule has 0 saturated carbocycles. The Morgan fingerprint density at radius 3 is 2.63 bits per heavy atom. The number of hydrogen-bond donors (Lipinski definition) is 2. The number of hydrogen-bond acceptors (Lipinski definition) is 4. The van der Waals surface area contributed by atoms with Gasteiger partial charge in [0.2, 0.25) is 10.0 Å². The molecule has 0 aliphatic carbocycles. The predicted molar refractivity (Wildman–Crippen MR) is 78.2 cm³/mol. The number of rotatable bonds is 9. The average Bonchev–Trinajstić information content (AvgIpc) is 2.38. The van der Waals surface area contributed by atoms with E-state index in [1.165, 1.54) is 7.11 Å². The molecule has 0 aromatic heterocycles. The highest BCUT2D eigenvalue weighted by Gasteiger charge is 2.12. The van der Waals surface area contributed by atoms with Crippen LogP contribution in [0.5, 0.6) is 5.75 Å². The molecule has 0 unspecified atom stereocenters. The van der Waals surface area contributed by atoms with E-state index in [-0.39, 0.29) is 5.75 Å². The van der Waals surface area contributed by atoms with Crippen LogP contribution in [0.3, 0.4) is 0 Å². The lowest BCUT2D eigenvalue weighted by Gasteiger charge is -2.11. The number of para-hydroxylation sites is 2. The molecule has 5 nitrogen and oxygen atoms in total. The van der Waals surface area contributed by atoms with Gasteiger partial charge in [-0.2, -0.15) is 0 Å². The molecule has 0 spiro atoms.